The normalized spacial score (nSPS) is 19.5. The fourth-order valence-corrected chi connectivity index (χ4v) is 3.69. The molecule has 1 aromatic heterocycles. The van der Waals surface area contributed by atoms with Crippen molar-refractivity contribution in [3.8, 4) is 5.75 Å². The average Bonchev–Trinajstić information content (AvgIpc) is 2.60. The van der Waals surface area contributed by atoms with E-state index in [1.165, 1.54) is 6.20 Å². The van der Waals surface area contributed by atoms with E-state index in [1.54, 1.807) is 4.57 Å². The highest BCUT2D eigenvalue weighted by Gasteiger charge is 2.30. The van der Waals surface area contributed by atoms with Crippen molar-refractivity contribution in [2.75, 3.05) is 44.7 Å². The molecule has 7 nitrogen and oxygen atoms in total. The fourth-order valence-electron chi connectivity index (χ4n) is 3.69. The van der Waals surface area contributed by atoms with E-state index in [-0.39, 0.29) is 31.0 Å². The maximum Gasteiger partial charge on any atom is 0.341 e. The molecule has 2 aromatic rings. The van der Waals surface area contributed by atoms with E-state index in [9.17, 15) is 19.1 Å². The molecule has 0 spiro atoms. The number of rotatable bonds is 2. The molecule has 0 saturated carbocycles. The first-order valence-electron chi connectivity index (χ1n) is 8.59. The third kappa shape index (κ3) is 2.93. The van der Waals surface area contributed by atoms with Gasteiger partial charge in [0.2, 0.25) is 5.43 Å². The second kappa shape index (κ2) is 6.84. The van der Waals surface area contributed by atoms with E-state index >= 15 is 0 Å². The van der Waals surface area contributed by atoms with Crippen LogP contribution in [0.1, 0.15) is 30.8 Å². The molecule has 3 heterocycles. The Hall–Kier alpha value is -2.61. The van der Waals surface area contributed by atoms with Crippen LogP contribution in [-0.4, -0.2) is 60.4 Å². The lowest BCUT2D eigenvalue weighted by Crippen LogP contribution is -2.45. The summed E-state index contributed by atoms with van der Waals surface area (Å²) in [4.78, 5) is 28.1. The number of halogens is 1. The van der Waals surface area contributed by atoms with Crippen LogP contribution >= 0.6 is 0 Å². The van der Waals surface area contributed by atoms with E-state index in [0.29, 0.717) is 30.0 Å². The summed E-state index contributed by atoms with van der Waals surface area (Å²) in [6.45, 7) is 5.08. The number of carboxylic acids is 1. The highest BCUT2D eigenvalue weighted by Crippen LogP contribution is 2.42. The van der Waals surface area contributed by atoms with E-state index in [4.69, 9.17) is 4.74 Å². The van der Waals surface area contributed by atoms with Gasteiger partial charge in [0.1, 0.15) is 17.9 Å². The first-order chi connectivity index (χ1) is 12.4. The molecule has 2 aliphatic rings. The molecule has 0 amide bonds. The van der Waals surface area contributed by atoms with E-state index < -0.39 is 17.2 Å². The quantitative estimate of drug-likeness (QED) is 0.865. The van der Waals surface area contributed by atoms with Crippen molar-refractivity contribution < 1.29 is 19.0 Å². The van der Waals surface area contributed by atoms with Gasteiger partial charge in [0.25, 0.3) is 0 Å². The minimum absolute atomic E-state index is 0. The zero-order chi connectivity index (χ0) is 18.6. The van der Waals surface area contributed by atoms with Gasteiger partial charge in [0, 0.05) is 32.4 Å². The Balaban J connectivity index is 0.00000210. The van der Waals surface area contributed by atoms with Crippen LogP contribution in [0.25, 0.3) is 10.9 Å². The van der Waals surface area contributed by atoms with Gasteiger partial charge in [0.05, 0.1) is 16.9 Å². The van der Waals surface area contributed by atoms with Crippen LogP contribution in [0.15, 0.2) is 17.1 Å². The summed E-state index contributed by atoms with van der Waals surface area (Å²) in [6.07, 6.45) is 1.34. The molecule has 0 radical (unpaired) electrons. The lowest BCUT2D eigenvalue weighted by Gasteiger charge is -2.37. The molecular weight excluding hydrogens is 353 g/mol. The van der Waals surface area contributed by atoms with Crippen molar-refractivity contribution in [2.24, 2.45) is 0 Å². The highest BCUT2D eigenvalue weighted by molar-refractivity contribution is 5.97. The smallest absolute Gasteiger partial charge is 0.341 e. The molecule has 2 aliphatic heterocycles. The standard InChI is InChI=1S/C18H20FN3O4.CH4/c1-10-9-26-17-14-11(16(23)12(18(24)25)8-22(10)14)7-13(19)15(17)21-5-3-20(2)4-6-21;/h7-8,10H,3-6,9H2,1-2H3,(H,24,25);1H4/t10-;/m0./s1. The molecule has 1 aromatic carbocycles. The van der Waals surface area contributed by atoms with Crippen molar-refractivity contribution in [1.29, 1.82) is 0 Å². The van der Waals surface area contributed by atoms with Gasteiger partial charge in [-0.2, -0.15) is 0 Å². The van der Waals surface area contributed by atoms with Gasteiger partial charge in [-0.05, 0) is 20.0 Å². The monoisotopic (exact) mass is 377 g/mol. The number of aromatic nitrogens is 1. The number of likely N-dealkylation sites (N-methyl/N-ethyl adjacent to an activating group) is 1. The summed E-state index contributed by atoms with van der Waals surface area (Å²) in [5.41, 5.74) is -0.224. The number of carboxylic acid groups (broad SMARTS) is 1. The van der Waals surface area contributed by atoms with E-state index in [2.05, 4.69) is 4.90 Å². The number of carbonyl (C=O) groups is 1. The zero-order valence-electron chi connectivity index (χ0n) is 14.7. The molecule has 27 heavy (non-hydrogen) atoms. The Labute approximate surface area is 156 Å². The second-order valence-corrected chi connectivity index (χ2v) is 6.97. The predicted octanol–water partition coefficient (Wildman–Crippen LogP) is 2.18. The number of hydrogen-bond donors (Lipinski definition) is 1. The maximum absolute atomic E-state index is 15.0. The zero-order valence-corrected chi connectivity index (χ0v) is 14.7. The Morgan fingerprint density at radius 2 is 1.96 bits per heavy atom. The van der Waals surface area contributed by atoms with Gasteiger partial charge >= 0.3 is 5.97 Å². The molecule has 0 unspecified atom stereocenters. The molecule has 1 saturated heterocycles. The van der Waals surface area contributed by atoms with Crippen LogP contribution in [0.2, 0.25) is 0 Å². The van der Waals surface area contributed by atoms with Crippen LogP contribution < -0.4 is 15.1 Å². The van der Waals surface area contributed by atoms with Gasteiger partial charge in [0.15, 0.2) is 11.6 Å². The van der Waals surface area contributed by atoms with E-state index in [1.807, 2.05) is 18.9 Å². The Bertz CT molecular complexity index is 964. The number of aromatic carboxylic acids is 1. The van der Waals surface area contributed by atoms with Gasteiger partial charge < -0.3 is 24.2 Å². The summed E-state index contributed by atoms with van der Waals surface area (Å²) < 4.78 is 22.6. The number of benzene rings is 1. The Morgan fingerprint density at radius 3 is 2.59 bits per heavy atom. The van der Waals surface area contributed by atoms with E-state index in [0.717, 1.165) is 19.2 Å². The number of piperazine rings is 1. The molecule has 4 rings (SSSR count). The van der Waals surface area contributed by atoms with Crippen LogP contribution in [0, 0.1) is 5.82 Å². The summed E-state index contributed by atoms with van der Waals surface area (Å²) >= 11 is 0. The van der Waals surface area contributed by atoms with Crippen LogP contribution in [0.5, 0.6) is 5.75 Å². The molecule has 1 fully saturated rings. The topological polar surface area (TPSA) is 75.0 Å². The van der Waals surface area contributed by atoms with Crippen molar-refractivity contribution in [3.05, 3.63) is 33.9 Å². The molecule has 1 atom stereocenters. The SMILES string of the molecule is C.C[C@H]1COc2c(N3CCN(C)CC3)c(F)cc3c(=O)c(C(=O)O)cn1c23. The predicted molar refractivity (Wildman–Crippen MR) is 102 cm³/mol. The lowest BCUT2D eigenvalue weighted by atomic mass is 10.1. The van der Waals surface area contributed by atoms with Gasteiger partial charge in [-0.1, -0.05) is 7.43 Å². The maximum atomic E-state index is 15.0. The van der Waals surface area contributed by atoms with Gasteiger partial charge in [-0.25, -0.2) is 9.18 Å². The highest BCUT2D eigenvalue weighted by atomic mass is 19.1. The van der Waals surface area contributed by atoms with Crippen molar-refractivity contribution in [2.45, 2.75) is 20.4 Å². The summed E-state index contributed by atoms with van der Waals surface area (Å²) in [5.74, 6) is -1.54. The largest absolute Gasteiger partial charge is 0.487 e. The average molecular weight is 377 g/mol. The lowest BCUT2D eigenvalue weighted by molar-refractivity contribution is 0.0694. The molecule has 1 N–H and O–H groups in total. The molecule has 0 bridgehead atoms. The molecule has 8 heteroatoms. The number of nitrogens with zero attached hydrogens (tertiary/aromatic N) is 3. The number of anilines is 1. The first kappa shape index (κ1) is 19.2. The number of ether oxygens (including phenoxy) is 1. The second-order valence-electron chi connectivity index (χ2n) is 6.97. The number of pyridine rings is 1. The Kier molecular flexibility index (Phi) is 4.86. The van der Waals surface area contributed by atoms with Crippen LogP contribution in [0.3, 0.4) is 0 Å². The van der Waals surface area contributed by atoms with Crippen molar-refractivity contribution in [3.63, 3.8) is 0 Å². The number of hydrogen-bond acceptors (Lipinski definition) is 5. The van der Waals surface area contributed by atoms with Gasteiger partial charge in [-0.3, -0.25) is 4.79 Å². The summed E-state index contributed by atoms with van der Waals surface area (Å²) in [5, 5.41) is 9.36. The fraction of sp³-hybridized carbons (Fsp3) is 0.474. The van der Waals surface area contributed by atoms with Crippen LogP contribution in [0.4, 0.5) is 10.1 Å². The molecule has 0 aliphatic carbocycles. The van der Waals surface area contributed by atoms with Gasteiger partial charge in [-0.15, -0.1) is 0 Å². The van der Waals surface area contributed by atoms with Crippen LogP contribution in [-0.2, 0) is 0 Å². The minimum Gasteiger partial charge on any atom is -0.487 e. The summed E-state index contributed by atoms with van der Waals surface area (Å²) in [7, 11) is 2.02. The van der Waals surface area contributed by atoms with Crippen molar-refractivity contribution in [1.82, 2.24) is 9.47 Å². The third-order valence-electron chi connectivity index (χ3n) is 5.19. The molecule has 146 valence electrons. The molecular formula is C19H24FN3O4. The minimum atomic E-state index is -1.32. The summed E-state index contributed by atoms with van der Waals surface area (Å²) in [6, 6.07) is 0.994. The third-order valence-corrected chi connectivity index (χ3v) is 5.19. The first-order valence-corrected chi connectivity index (χ1v) is 8.59. The Morgan fingerprint density at radius 1 is 1.30 bits per heavy atom. The van der Waals surface area contributed by atoms with Crippen molar-refractivity contribution >= 4 is 22.6 Å².